The standard InChI is InChI=1S/C16H20O4/c1-4-18-16(19-5-2)12-11-15(20-13(3)17)14-9-7-6-8-10-14/h6-10,15-16H,4-5H2,1-3H3/t15-/m0/s1. The van der Waals surface area contributed by atoms with Gasteiger partial charge in [0.2, 0.25) is 6.29 Å². The highest BCUT2D eigenvalue weighted by atomic mass is 16.7. The number of hydrogen-bond donors (Lipinski definition) is 0. The zero-order valence-electron chi connectivity index (χ0n) is 12.1. The van der Waals surface area contributed by atoms with Crippen LogP contribution in [-0.4, -0.2) is 25.5 Å². The van der Waals surface area contributed by atoms with Crippen LogP contribution in [0.2, 0.25) is 0 Å². The molecule has 0 aliphatic carbocycles. The molecule has 20 heavy (non-hydrogen) atoms. The molecule has 1 aromatic carbocycles. The first-order chi connectivity index (χ1) is 9.67. The third-order valence-electron chi connectivity index (χ3n) is 2.35. The van der Waals surface area contributed by atoms with E-state index in [4.69, 9.17) is 14.2 Å². The van der Waals surface area contributed by atoms with E-state index in [1.54, 1.807) is 0 Å². The number of ether oxygens (including phenoxy) is 3. The van der Waals surface area contributed by atoms with E-state index in [9.17, 15) is 4.79 Å². The van der Waals surface area contributed by atoms with Crippen molar-refractivity contribution in [2.75, 3.05) is 13.2 Å². The molecule has 0 radical (unpaired) electrons. The summed E-state index contributed by atoms with van der Waals surface area (Å²) in [6, 6.07) is 9.36. The summed E-state index contributed by atoms with van der Waals surface area (Å²) in [5.41, 5.74) is 0.821. The summed E-state index contributed by atoms with van der Waals surface area (Å²) in [5, 5.41) is 0. The van der Waals surface area contributed by atoms with E-state index in [1.807, 2.05) is 44.2 Å². The van der Waals surface area contributed by atoms with Crippen molar-refractivity contribution in [3.63, 3.8) is 0 Å². The molecular formula is C16H20O4. The second kappa shape index (κ2) is 9.13. The average Bonchev–Trinajstić information content (AvgIpc) is 2.44. The lowest BCUT2D eigenvalue weighted by Crippen LogP contribution is -2.15. The van der Waals surface area contributed by atoms with Crippen LogP contribution in [0.5, 0.6) is 0 Å². The van der Waals surface area contributed by atoms with E-state index in [0.29, 0.717) is 13.2 Å². The van der Waals surface area contributed by atoms with Crippen molar-refractivity contribution >= 4 is 5.97 Å². The van der Waals surface area contributed by atoms with E-state index in [-0.39, 0.29) is 5.97 Å². The quantitative estimate of drug-likeness (QED) is 0.455. The molecule has 0 bridgehead atoms. The maximum Gasteiger partial charge on any atom is 0.304 e. The zero-order chi connectivity index (χ0) is 14.8. The minimum atomic E-state index is -0.614. The molecule has 0 amide bonds. The van der Waals surface area contributed by atoms with Crippen LogP contribution in [0.25, 0.3) is 0 Å². The fourth-order valence-electron chi connectivity index (χ4n) is 1.55. The Bertz CT molecular complexity index is 452. The lowest BCUT2D eigenvalue weighted by atomic mass is 10.1. The lowest BCUT2D eigenvalue weighted by molar-refractivity contribution is -0.144. The van der Waals surface area contributed by atoms with Crippen molar-refractivity contribution in [3.05, 3.63) is 35.9 Å². The van der Waals surface area contributed by atoms with Crippen LogP contribution >= 0.6 is 0 Å². The smallest absolute Gasteiger partial charge is 0.304 e. The predicted octanol–water partition coefficient (Wildman–Crippen LogP) is 2.69. The highest BCUT2D eigenvalue weighted by Gasteiger charge is 2.12. The van der Waals surface area contributed by atoms with Crippen LogP contribution in [0.15, 0.2) is 30.3 Å². The van der Waals surface area contributed by atoms with Crippen molar-refractivity contribution in [1.82, 2.24) is 0 Å². The molecule has 0 saturated heterocycles. The Morgan fingerprint density at radius 3 is 2.20 bits per heavy atom. The van der Waals surface area contributed by atoms with E-state index in [0.717, 1.165) is 5.56 Å². The van der Waals surface area contributed by atoms with Gasteiger partial charge in [-0.05, 0) is 25.7 Å². The topological polar surface area (TPSA) is 44.8 Å². The summed E-state index contributed by atoms with van der Waals surface area (Å²) in [4.78, 5) is 11.2. The Kier molecular flexibility index (Phi) is 7.41. The molecule has 0 fully saturated rings. The number of carbonyl (C=O) groups is 1. The fourth-order valence-corrected chi connectivity index (χ4v) is 1.55. The average molecular weight is 276 g/mol. The summed E-state index contributed by atoms with van der Waals surface area (Å²) >= 11 is 0. The molecule has 0 saturated carbocycles. The lowest BCUT2D eigenvalue weighted by Gasteiger charge is -2.13. The number of rotatable bonds is 6. The van der Waals surface area contributed by atoms with Crippen molar-refractivity contribution in [2.45, 2.75) is 33.2 Å². The third-order valence-corrected chi connectivity index (χ3v) is 2.35. The Morgan fingerprint density at radius 2 is 1.70 bits per heavy atom. The number of carbonyl (C=O) groups excluding carboxylic acids is 1. The van der Waals surface area contributed by atoms with Gasteiger partial charge in [-0.3, -0.25) is 4.79 Å². The van der Waals surface area contributed by atoms with Crippen LogP contribution < -0.4 is 0 Å². The molecule has 4 nitrogen and oxygen atoms in total. The molecule has 1 aromatic rings. The normalized spacial score (nSPS) is 11.6. The zero-order valence-corrected chi connectivity index (χ0v) is 12.1. The highest BCUT2D eigenvalue weighted by molar-refractivity contribution is 5.66. The summed E-state index contributed by atoms with van der Waals surface area (Å²) in [6.45, 7) is 6.11. The fraction of sp³-hybridized carbons (Fsp3) is 0.438. The summed E-state index contributed by atoms with van der Waals surface area (Å²) < 4.78 is 15.9. The Balaban J connectivity index is 2.87. The van der Waals surface area contributed by atoms with Crippen molar-refractivity contribution in [1.29, 1.82) is 0 Å². The molecule has 0 aliphatic rings. The number of benzene rings is 1. The van der Waals surface area contributed by atoms with Crippen molar-refractivity contribution < 1.29 is 19.0 Å². The minimum Gasteiger partial charge on any atom is -0.444 e. The monoisotopic (exact) mass is 276 g/mol. The first kappa shape index (κ1) is 16.2. The van der Waals surface area contributed by atoms with Gasteiger partial charge < -0.3 is 14.2 Å². The van der Waals surface area contributed by atoms with Gasteiger partial charge in [-0.25, -0.2) is 0 Å². The predicted molar refractivity (Wildman–Crippen MR) is 75.8 cm³/mol. The van der Waals surface area contributed by atoms with Gasteiger partial charge in [-0.15, -0.1) is 0 Å². The van der Waals surface area contributed by atoms with Gasteiger partial charge in [0.05, 0.1) is 0 Å². The maximum absolute atomic E-state index is 11.2. The summed E-state index contributed by atoms with van der Waals surface area (Å²) in [5.74, 6) is 5.37. The van der Waals surface area contributed by atoms with Gasteiger partial charge in [0, 0.05) is 25.7 Å². The van der Waals surface area contributed by atoms with E-state index < -0.39 is 12.4 Å². The van der Waals surface area contributed by atoms with Crippen LogP contribution in [0, 0.1) is 11.8 Å². The second-order valence-corrected chi connectivity index (χ2v) is 3.93. The molecule has 0 aromatic heterocycles. The first-order valence-corrected chi connectivity index (χ1v) is 6.63. The first-order valence-electron chi connectivity index (χ1n) is 6.63. The number of esters is 1. The van der Waals surface area contributed by atoms with Crippen LogP contribution in [0.1, 0.15) is 32.4 Å². The van der Waals surface area contributed by atoms with Gasteiger partial charge in [0.15, 0.2) is 6.10 Å². The Hall–Kier alpha value is -1.83. The summed E-state index contributed by atoms with van der Waals surface area (Å²) in [6.07, 6.45) is -1.22. The van der Waals surface area contributed by atoms with Gasteiger partial charge in [0.25, 0.3) is 0 Å². The molecular weight excluding hydrogens is 256 g/mol. The minimum absolute atomic E-state index is 0.377. The molecule has 4 heteroatoms. The van der Waals surface area contributed by atoms with Gasteiger partial charge in [-0.2, -0.15) is 0 Å². The van der Waals surface area contributed by atoms with Gasteiger partial charge in [0.1, 0.15) is 0 Å². The third kappa shape index (κ3) is 5.87. The SMILES string of the molecule is CCOC(C#C[C@H](OC(C)=O)c1ccccc1)OCC. The Labute approximate surface area is 120 Å². The van der Waals surface area contributed by atoms with Crippen LogP contribution in [0.4, 0.5) is 0 Å². The molecule has 1 atom stereocenters. The van der Waals surface area contributed by atoms with E-state index >= 15 is 0 Å². The number of hydrogen-bond acceptors (Lipinski definition) is 4. The van der Waals surface area contributed by atoms with Crippen molar-refractivity contribution in [2.24, 2.45) is 0 Å². The molecule has 1 rings (SSSR count). The van der Waals surface area contributed by atoms with Crippen LogP contribution in [-0.2, 0) is 19.0 Å². The van der Waals surface area contributed by atoms with Crippen LogP contribution in [0.3, 0.4) is 0 Å². The van der Waals surface area contributed by atoms with E-state index in [1.165, 1.54) is 6.92 Å². The molecule has 0 spiro atoms. The molecule has 0 heterocycles. The molecule has 0 N–H and O–H groups in total. The molecule has 0 unspecified atom stereocenters. The second-order valence-electron chi connectivity index (χ2n) is 3.93. The highest BCUT2D eigenvalue weighted by Crippen LogP contribution is 2.16. The maximum atomic E-state index is 11.2. The van der Waals surface area contributed by atoms with Gasteiger partial charge >= 0.3 is 5.97 Å². The van der Waals surface area contributed by atoms with Crippen molar-refractivity contribution in [3.8, 4) is 11.8 Å². The van der Waals surface area contributed by atoms with Gasteiger partial charge in [-0.1, -0.05) is 30.3 Å². The van der Waals surface area contributed by atoms with E-state index in [2.05, 4.69) is 11.8 Å². The summed E-state index contributed by atoms with van der Waals surface area (Å²) in [7, 11) is 0. The Morgan fingerprint density at radius 1 is 1.10 bits per heavy atom. The molecule has 0 aliphatic heterocycles. The molecule has 108 valence electrons. The largest absolute Gasteiger partial charge is 0.444 e.